The average Bonchev–Trinajstić information content (AvgIpc) is 3.24. The molecule has 1 saturated heterocycles. The quantitative estimate of drug-likeness (QED) is 0.307. The van der Waals surface area contributed by atoms with Crippen molar-refractivity contribution < 1.29 is 8.78 Å². The third-order valence-corrected chi connectivity index (χ3v) is 5.17. The number of hydrogen-bond acceptors (Lipinski definition) is 3. The third-order valence-electron chi connectivity index (χ3n) is 5.17. The number of guanidine groups is 1. The fourth-order valence-electron chi connectivity index (χ4n) is 3.46. The number of nitrogens with zero attached hydrogens (tertiary/aromatic N) is 5. The summed E-state index contributed by atoms with van der Waals surface area (Å²) in [5, 5.41) is 4.51. The van der Waals surface area contributed by atoms with Crippen molar-refractivity contribution in [2.75, 3.05) is 37.6 Å². The topological polar surface area (TPSA) is 62.7 Å². The Morgan fingerprint density at radius 1 is 0.871 bits per heavy atom. The SMILES string of the molecule is I.NC(=NCCc1ccn(-c2ccc(F)cc2)n1)N1CCN(c2ccc(F)cc2)CC1. The maximum atomic E-state index is 13.1. The first-order valence-corrected chi connectivity index (χ1v) is 9.94. The molecule has 9 heteroatoms. The first kappa shape index (κ1) is 23.0. The van der Waals surface area contributed by atoms with Crippen LogP contribution < -0.4 is 10.6 Å². The Bertz CT molecular complexity index is 996. The predicted octanol–water partition coefficient (Wildman–Crippen LogP) is 3.45. The largest absolute Gasteiger partial charge is 0.370 e. The van der Waals surface area contributed by atoms with E-state index >= 15 is 0 Å². The number of rotatable bonds is 5. The first-order chi connectivity index (χ1) is 14.6. The standard InChI is InChI=1S/C22H24F2N6.HI/c23-17-1-5-20(6-2-17)28-13-15-29(16-14-28)22(25)26-11-9-19-10-12-30(27-19)21-7-3-18(24)4-8-21;/h1-8,10,12H,9,11,13-16H2,(H2,25,26);1H. The summed E-state index contributed by atoms with van der Waals surface area (Å²) in [6.07, 6.45) is 2.52. The number of piperazine rings is 1. The maximum Gasteiger partial charge on any atom is 0.191 e. The maximum absolute atomic E-state index is 13.1. The summed E-state index contributed by atoms with van der Waals surface area (Å²) in [4.78, 5) is 8.78. The number of aromatic nitrogens is 2. The summed E-state index contributed by atoms with van der Waals surface area (Å²) in [5.74, 6) is 0.0393. The molecule has 1 aromatic heterocycles. The van der Waals surface area contributed by atoms with E-state index in [-0.39, 0.29) is 35.6 Å². The van der Waals surface area contributed by atoms with Gasteiger partial charge >= 0.3 is 0 Å². The van der Waals surface area contributed by atoms with Gasteiger partial charge in [-0.2, -0.15) is 5.10 Å². The van der Waals surface area contributed by atoms with Crippen molar-refractivity contribution in [3.05, 3.63) is 78.1 Å². The zero-order chi connectivity index (χ0) is 20.9. The van der Waals surface area contributed by atoms with Gasteiger partial charge in [0.2, 0.25) is 0 Å². The molecule has 0 unspecified atom stereocenters. The van der Waals surface area contributed by atoms with E-state index in [4.69, 9.17) is 5.73 Å². The molecule has 4 rings (SSSR count). The van der Waals surface area contributed by atoms with Crippen LogP contribution in [-0.4, -0.2) is 53.4 Å². The van der Waals surface area contributed by atoms with Crippen molar-refractivity contribution >= 4 is 35.6 Å². The van der Waals surface area contributed by atoms with Crippen LogP contribution in [0.3, 0.4) is 0 Å². The van der Waals surface area contributed by atoms with Gasteiger partial charge in [0.1, 0.15) is 11.6 Å². The van der Waals surface area contributed by atoms with Gasteiger partial charge in [0, 0.05) is 51.0 Å². The van der Waals surface area contributed by atoms with E-state index in [0.29, 0.717) is 18.9 Å². The Hall–Kier alpha value is -2.69. The molecular weight excluding hydrogens is 513 g/mol. The van der Waals surface area contributed by atoms with E-state index in [2.05, 4.69) is 19.9 Å². The van der Waals surface area contributed by atoms with Gasteiger partial charge in [0.25, 0.3) is 0 Å². The monoisotopic (exact) mass is 538 g/mol. The van der Waals surface area contributed by atoms with Gasteiger partial charge in [-0.05, 0) is 54.6 Å². The molecule has 31 heavy (non-hydrogen) atoms. The normalized spacial score (nSPS) is 14.5. The zero-order valence-electron chi connectivity index (χ0n) is 17.0. The number of nitrogens with two attached hydrogens (primary N) is 1. The summed E-state index contributed by atoms with van der Waals surface area (Å²) in [7, 11) is 0. The minimum absolute atomic E-state index is 0. The summed E-state index contributed by atoms with van der Waals surface area (Å²) in [6, 6.07) is 14.7. The Labute approximate surface area is 197 Å². The lowest BCUT2D eigenvalue weighted by Crippen LogP contribution is -2.51. The molecule has 6 nitrogen and oxygen atoms in total. The number of benzene rings is 2. The van der Waals surface area contributed by atoms with Gasteiger partial charge in [-0.25, -0.2) is 13.5 Å². The van der Waals surface area contributed by atoms with Crippen molar-refractivity contribution in [3.63, 3.8) is 0 Å². The summed E-state index contributed by atoms with van der Waals surface area (Å²) < 4.78 is 27.9. The molecule has 2 N–H and O–H groups in total. The molecule has 164 valence electrons. The van der Waals surface area contributed by atoms with Gasteiger partial charge in [-0.3, -0.25) is 4.99 Å². The molecule has 0 aliphatic carbocycles. The Kier molecular flexibility index (Phi) is 7.83. The van der Waals surface area contributed by atoms with Crippen molar-refractivity contribution in [2.45, 2.75) is 6.42 Å². The van der Waals surface area contributed by atoms with Gasteiger partial charge in [0.15, 0.2) is 5.96 Å². The van der Waals surface area contributed by atoms with Crippen LogP contribution in [0.15, 0.2) is 65.8 Å². The summed E-state index contributed by atoms with van der Waals surface area (Å²) in [6.45, 7) is 3.70. The van der Waals surface area contributed by atoms with Crippen molar-refractivity contribution in [3.8, 4) is 5.69 Å². The van der Waals surface area contributed by atoms with E-state index in [1.54, 1.807) is 28.9 Å². The molecule has 0 bridgehead atoms. The van der Waals surface area contributed by atoms with E-state index in [1.165, 1.54) is 24.3 Å². The molecule has 2 aromatic carbocycles. The van der Waals surface area contributed by atoms with Crippen molar-refractivity contribution in [2.24, 2.45) is 10.7 Å². The van der Waals surface area contributed by atoms with Crippen LogP contribution in [0.2, 0.25) is 0 Å². The highest BCUT2D eigenvalue weighted by Gasteiger charge is 2.18. The number of aliphatic imine (C=N–C) groups is 1. The molecule has 1 fully saturated rings. The van der Waals surface area contributed by atoms with Crippen molar-refractivity contribution in [1.29, 1.82) is 0 Å². The minimum Gasteiger partial charge on any atom is -0.370 e. The molecule has 3 aromatic rings. The van der Waals surface area contributed by atoms with Gasteiger partial charge in [-0.15, -0.1) is 24.0 Å². The highest BCUT2D eigenvalue weighted by Crippen LogP contribution is 2.17. The average molecular weight is 538 g/mol. The fraction of sp³-hybridized carbons (Fsp3) is 0.273. The second kappa shape index (κ2) is 10.6. The van der Waals surface area contributed by atoms with Crippen LogP contribution in [0.4, 0.5) is 14.5 Å². The molecule has 0 atom stereocenters. The van der Waals surface area contributed by atoms with E-state index < -0.39 is 0 Å². The molecule has 2 heterocycles. The van der Waals surface area contributed by atoms with Crippen LogP contribution in [0.1, 0.15) is 5.69 Å². The van der Waals surface area contributed by atoms with Crippen LogP contribution in [-0.2, 0) is 6.42 Å². The molecule has 0 amide bonds. The van der Waals surface area contributed by atoms with Crippen LogP contribution >= 0.6 is 24.0 Å². The predicted molar refractivity (Wildman–Crippen MR) is 129 cm³/mol. The van der Waals surface area contributed by atoms with Crippen LogP contribution in [0.5, 0.6) is 0 Å². The number of halogens is 3. The van der Waals surface area contributed by atoms with Gasteiger partial charge in [0.05, 0.1) is 11.4 Å². The van der Waals surface area contributed by atoms with E-state index in [0.717, 1.165) is 43.2 Å². The molecule has 0 spiro atoms. The smallest absolute Gasteiger partial charge is 0.191 e. The van der Waals surface area contributed by atoms with E-state index in [9.17, 15) is 8.78 Å². The molecule has 0 saturated carbocycles. The molecule has 0 radical (unpaired) electrons. The Balaban J connectivity index is 0.00000272. The fourth-order valence-corrected chi connectivity index (χ4v) is 3.46. The third kappa shape index (κ3) is 5.93. The van der Waals surface area contributed by atoms with Crippen LogP contribution in [0, 0.1) is 11.6 Å². The van der Waals surface area contributed by atoms with Gasteiger partial charge in [-0.1, -0.05) is 0 Å². The molecular formula is C22H25F2IN6. The van der Waals surface area contributed by atoms with E-state index in [1.807, 2.05) is 12.3 Å². The Morgan fingerprint density at radius 2 is 1.45 bits per heavy atom. The second-order valence-corrected chi connectivity index (χ2v) is 7.17. The summed E-state index contributed by atoms with van der Waals surface area (Å²) >= 11 is 0. The summed E-state index contributed by atoms with van der Waals surface area (Å²) in [5.41, 5.74) is 8.90. The Morgan fingerprint density at radius 3 is 2.06 bits per heavy atom. The second-order valence-electron chi connectivity index (χ2n) is 7.17. The van der Waals surface area contributed by atoms with Crippen LogP contribution in [0.25, 0.3) is 5.69 Å². The first-order valence-electron chi connectivity index (χ1n) is 9.94. The molecule has 1 aliphatic rings. The highest BCUT2D eigenvalue weighted by atomic mass is 127. The number of anilines is 1. The lowest BCUT2D eigenvalue weighted by Gasteiger charge is -2.36. The highest BCUT2D eigenvalue weighted by molar-refractivity contribution is 14.0. The minimum atomic E-state index is -0.269. The lowest BCUT2D eigenvalue weighted by atomic mass is 10.2. The van der Waals surface area contributed by atoms with Gasteiger partial charge < -0.3 is 15.5 Å². The van der Waals surface area contributed by atoms with Crippen molar-refractivity contribution in [1.82, 2.24) is 14.7 Å². The molecule has 1 aliphatic heterocycles. The zero-order valence-corrected chi connectivity index (χ0v) is 19.3. The lowest BCUT2D eigenvalue weighted by molar-refractivity contribution is 0.381. The number of hydrogen-bond donors (Lipinski definition) is 1.